The molecule has 0 saturated carbocycles. The summed E-state index contributed by atoms with van der Waals surface area (Å²) in [6.45, 7) is 2.41. The fourth-order valence-corrected chi connectivity index (χ4v) is 1.78. The molecule has 0 unspecified atom stereocenters. The first-order valence-corrected chi connectivity index (χ1v) is 6.02. The number of carbonyl (C=O) groups excluding carboxylic acids is 1. The molecule has 0 saturated heterocycles. The fourth-order valence-electron chi connectivity index (χ4n) is 1.78. The fraction of sp³-hybridized carbons (Fsp3) is 0.200. The highest BCUT2D eigenvalue weighted by Gasteiger charge is 2.11. The van der Waals surface area contributed by atoms with Gasteiger partial charge in [-0.3, -0.25) is 9.78 Å². The summed E-state index contributed by atoms with van der Waals surface area (Å²) in [6, 6.07) is 9.28. The van der Waals surface area contributed by atoms with Crippen LogP contribution in [0.3, 0.4) is 0 Å². The van der Waals surface area contributed by atoms with E-state index < -0.39 is 0 Å². The molecule has 1 amide bonds. The first-order valence-electron chi connectivity index (χ1n) is 6.02. The highest BCUT2D eigenvalue weighted by molar-refractivity contribution is 5.97. The average Bonchev–Trinajstić information content (AvgIpc) is 2.46. The second-order valence-electron chi connectivity index (χ2n) is 4.24. The predicted octanol–water partition coefficient (Wildman–Crippen LogP) is 2.33. The third-order valence-corrected chi connectivity index (χ3v) is 2.80. The minimum absolute atomic E-state index is 0.141. The van der Waals surface area contributed by atoms with E-state index in [1.807, 2.05) is 31.2 Å². The molecule has 1 heterocycles. The van der Waals surface area contributed by atoms with E-state index in [0.29, 0.717) is 17.9 Å². The van der Waals surface area contributed by atoms with E-state index in [-0.39, 0.29) is 5.91 Å². The summed E-state index contributed by atoms with van der Waals surface area (Å²) in [5.41, 5.74) is 2.58. The maximum absolute atomic E-state index is 12.1. The maximum Gasteiger partial charge on any atom is 0.255 e. The van der Waals surface area contributed by atoms with Gasteiger partial charge in [0.05, 0.1) is 12.7 Å². The number of nitrogens with zero attached hydrogens (tertiary/aromatic N) is 1. The van der Waals surface area contributed by atoms with Crippen LogP contribution in [-0.2, 0) is 6.54 Å². The van der Waals surface area contributed by atoms with Crippen LogP contribution >= 0.6 is 0 Å². The second kappa shape index (κ2) is 6.00. The van der Waals surface area contributed by atoms with Gasteiger partial charge < -0.3 is 10.1 Å². The van der Waals surface area contributed by atoms with Gasteiger partial charge in [0, 0.05) is 18.9 Å². The molecule has 0 bridgehead atoms. The van der Waals surface area contributed by atoms with E-state index in [0.717, 1.165) is 11.1 Å². The first-order chi connectivity index (χ1) is 9.20. The number of aromatic nitrogens is 1. The van der Waals surface area contributed by atoms with E-state index >= 15 is 0 Å². The topological polar surface area (TPSA) is 51.2 Å². The lowest BCUT2D eigenvalue weighted by atomic mass is 10.1. The molecular formula is C15H16N2O2. The van der Waals surface area contributed by atoms with Gasteiger partial charge in [0.1, 0.15) is 5.75 Å². The molecule has 4 nitrogen and oxygen atoms in total. The van der Waals surface area contributed by atoms with Crippen LogP contribution in [0.15, 0.2) is 42.7 Å². The Labute approximate surface area is 112 Å². The van der Waals surface area contributed by atoms with Crippen molar-refractivity contribution in [3.8, 4) is 5.75 Å². The average molecular weight is 256 g/mol. The van der Waals surface area contributed by atoms with Crippen molar-refractivity contribution in [2.24, 2.45) is 0 Å². The summed E-state index contributed by atoms with van der Waals surface area (Å²) >= 11 is 0. The Kier molecular flexibility index (Phi) is 4.13. The monoisotopic (exact) mass is 256 g/mol. The molecule has 1 N–H and O–H groups in total. The summed E-state index contributed by atoms with van der Waals surface area (Å²) in [5.74, 6) is 0.440. The minimum Gasteiger partial charge on any atom is -0.496 e. The van der Waals surface area contributed by atoms with Gasteiger partial charge in [-0.05, 0) is 36.8 Å². The van der Waals surface area contributed by atoms with E-state index in [1.165, 1.54) is 0 Å². The van der Waals surface area contributed by atoms with Crippen LogP contribution in [0.1, 0.15) is 21.5 Å². The molecule has 0 spiro atoms. The third kappa shape index (κ3) is 3.31. The number of methoxy groups -OCH3 is 1. The summed E-state index contributed by atoms with van der Waals surface area (Å²) in [6.07, 6.45) is 3.41. The van der Waals surface area contributed by atoms with Crippen molar-refractivity contribution in [2.75, 3.05) is 7.11 Å². The van der Waals surface area contributed by atoms with E-state index in [2.05, 4.69) is 10.3 Å². The van der Waals surface area contributed by atoms with Crippen LogP contribution in [0.25, 0.3) is 0 Å². The smallest absolute Gasteiger partial charge is 0.255 e. The number of ether oxygens (including phenoxy) is 1. The lowest BCUT2D eigenvalue weighted by Gasteiger charge is -2.10. The van der Waals surface area contributed by atoms with Crippen molar-refractivity contribution in [2.45, 2.75) is 13.5 Å². The van der Waals surface area contributed by atoms with Crippen molar-refractivity contribution in [3.63, 3.8) is 0 Å². The van der Waals surface area contributed by atoms with Crippen molar-refractivity contribution < 1.29 is 9.53 Å². The molecule has 2 aromatic rings. The molecule has 0 fully saturated rings. The lowest BCUT2D eigenvalue weighted by Crippen LogP contribution is -2.23. The van der Waals surface area contributed by atoms with Crippen molar-refractivity contribution in [3.05, 3.63) is 59.4 Å². The Bertz CT molecular complexity index is 568. The highest BCUT2D eigenvalue weighted by atomic mass is 16.5. The number of rotatable bonds is 4. The molecule has 1 aromatic heterocycles. The van der Waals surface area contributed by atoms with Gasteiger partial charge in [0.15, 0.2) is 0 Å². The zero-order valence-electron chi connectivity index (χ0n) is 11.0. The third-order valence-electron chi connectivity index (χ3n) is 2.80. The quantitative estimate of drug-likeness (QED) is 0.913. The van der Waals surface area contributed by atoms with Gasteiger partial charge >= 0.3 is 0 Å². The Morgan fingerprint density at radius 3 is 2.68 bits per heavy atom. The Hall–Kier alpha value is -2.36. The zero-order valence-corrected chi connectivity index (χ0v) is 11.0. The Balaban J connectivity index is 2.10. The number of pyridine rings is 1. The van der Waals surface area contributed by atoms with Gasteiger partial charge in [-0.2, -0.15) is 0 Å². The zero-order chi connectivity index (χ0) is 13.7. The standard InChI is InChI=1S/C15H16N2O2/c1-11-3-4-14(19-2)13(9-11)15(18)17-10-12-5-7-16-8-6-12/h3-9H,10H2,1-2H3,(H,17,18). The number of hydrogen-bond donors (Lipinski definition) is 1. The number of carbonyl (C=O) groups is 1. The van der Waals surface area contributed by atoms with Crippen molar-refractivity contribution in [1.82, 2.24) is 10.3 Å². The van der Waals surface area contributed by atoms with Gasteiger partial charge in [0.25, 0.3) is 5.91 Å². The van der Waals surface area contributed by atoms with Crippen LogP contribution in [0.2, 0.25) is 0 Å². The lowest BCUT2D eigenvalue weighted by molar-refractivity contribution is 0.0948. The van der Waals surface area contributed by atoms with Crippen LogP contribution in [0.5, 0.6) is 5.75 Å². The van der Waals surface area contributed by atoms with E-state index in [4.69, 9.17) is 4.74 Å². The molecule has 0 radical (unpaired) electrons. The molecular weight excluding hydrogens is 240 g/mol. The molecule has 0 aliphatic heterocycles. The van der Waals surface area contributed by atoms with Crippen LogP contribution in [-0.4, -0.2) is 18.0 Å². The molecule has 19 heavy (non-hydrogen) atoms. The summed E-state index contributed by atoms with van der Waals surface area (Å²) < 4.78 is 5.20. The largest absolute Gasteiger partial charge is 0.496 e. The molecule has 0 aliphatic carbocycles. The SMILES string of the molecule is COc1ccc(C)cc1C(=O)NCc1ccncc1. The summed E-state index contributed by atoms with van der Waals surface area (Å²) in [4.78, 5) is 16.1. The predicted molar refractivity (Wildman–Crippen MR) is 73.1 cm³/mol. The van der Waals surface area contributed by atoms with Gasteiger partial charge in [-0.1, -0.05) is 11.6 Å². The van der Waals surface area contributed by atoms with Gasteiger partial charge in [-0.25, -0.2) is 0 Å². The maximum atomic E-state index is 12.1. The van der Waals surface area contributed by atoms with E-state index in [9.17, 15) is 4.79 Å². The normalized spacial score (nSPS) is 10.0. The van der Waals surface area contributed by atoms with Crippen LogP contribution in [0.4, 0.5) is 0 Å². The Morgan fingerprint density at radius 1 is 1.26 bits per heavy atom. The number of hydrogen-bond acceptors (Lipinski definition) is 3. The van der Waals surface area contributed by atoms with Crippen LogP contribution in [0, 0.1) is 6.92 Å². The first kappa shape index (κ1) is 13.1. The van der Waals surface area contributed by atoms with Crippen molar-refractivity contribution >= 4 is 5.91 Å². The second-order valence-corrected chi connectivity index (χ2v) is 4.24. The molecule has 0 atom stereocenters. The molecule has 2 rings (SSSR count). The Morgan fingerprint density at radius 2 is 2.00 bits per heavy atom. The van der Waals surface area contributed by atoms with Crippen LogP contribution < -0.4 is 10.1 Å². The number of nitrogens with one attached hydrogen (secondary N) is 1. The summed E-state index contributed by atoms with van der Waals surface area (Å²) in [7, 11) is 1.56. The number of benzene rings is 1. The number of amides is 1. The molecule has 1 aromatic carbocycles. The van der Waals surface area contributed by atoms with Crippen molar-refractivity contribution in [1.29, 1.82) is 0 Å². The van der Waals surface area contributed by atoms with Gasteiger partial charge in [-0.15, -0.1) is 0 Å². The minimum atomic E-state index is -0.141. The van der Waals surface area contributed by atoms with Gasteiger partial charge in [0.2, 0.25) is 0 Å². The number of aryl methyl sites for hydroxylation is 1. The molecule has 0 aliphatic rings. The highest BCUT2D eigenvalue weighted by Crippen LogP contribution is 2.19. The summed E-state index contributed by atoms with van der Waals surface area (Å²) in [5, 5.41) is 2.87. The molecule has 98 valence electrons. The van der Waals surface area contributed by atoms with E-state index in [1.54, 1.807) is 25.6 Å². The molecule has 4 heteroatoms.